The van der Waals surface area contributed by atoms with Gasteiger partial charge in [-0.25, -0.2) is 4.98 Å². The van der Waals surface area contributed by atoms with E-state index in [0.29, 0.717) is 11.3 Å². The van der Waals surface area contributed by atoms with Crippen molar-refractivity contribution in [1.29, 1.82) is 0 Å². The number of amides is 1. The summed E-state index contributed by atoms with van der Waals surface area (Å²) in [6, 6.07) is 11.8. The normalized spacial score (nSPS) is 10.6. The Kier molecular flexibility index (Phi) is 4.95. The van der Waals surface area contributed by atoms with Crippen LogP contribution in [0, 0.1) is 13.8 Å². The topological polar surface area (TPSA) is 67.8 Å². The van der Waals surface area contributed by atoms with Crippen LogP contribution in [0.5, 0.6) is 0 Å². The number of rotatable bonds is 4. The van der Waals surface area contributed by atoms with E-state index in [1.807, 2.05) is 24.4 Å². The van der Waals surface area contributed by atoms with Crippen molar-refractivity contribution in [1.82, 2.24) is 15.0 Å². The van der Waals surface area contributed by atoms with Gasteiger partial charge in [0.25, 0.3) is 5.91 Å². The number of nitrogens with one attached hydrogen (secondary N) is 1. The van der Waals surface area contributed by atoms with Crippen molar-refractivity contribution in [2.24, 2.45) is 0 Å². The molecule has 0 aliphatic rings. The first-order valence-corrected chi connectivity index (χ1v) is 9.69. The molecule has 0 spiro atoms. The van der Waals surface area contributed by atoms with E-state index in [9.17, 15) is 4.79 Å². The minimum Gasteiger partial charge on any atom is -0.321 e. The second-order valence-corrected chi connectivity index (χ2v) is 7.34. The molecule has 138 valence electrons. The Morgan fingerprint density at radius 3 is 2.57 bits per heavy atom. The van der Waals surface area contributed by atoms with Gasteiger partial charge in [0.2, 0.25) is 0 Å². The van der Waals surface area contributed by atoms with Gasteiger partial charge in [0.05, 0.1) is 17.6 Å². The molecule has 1 amide bonds. The fraction of sp³-hybridized carbons (Fsp3) is 0.0909. The van der Waals surface area contributed by atoms with E-state index in [1.54, 1.807) is 42.2 Å². The second kappa shape index (κ2) is 7.70. The minimum absolute atomic E-state index is 0.170. The molecule has 0 fully saturated rings. The Labute approximate surface area is 167 Å². The third-order valence-corrected chi connectivity index (χ3v) is 5.30. The number of anilines is 1. The molecule has 0 saturated carbocycles. The summed E-state index contributed by atoms with van der Waals surface area (Å²) in [5.74, 6) is -0.170. The van der Waals surface area contributed by atoms with E-state index in [1.165, 1.54) is 0 Å². The van der Waals surface area contributed by atoms with E-state index < -0.39 is 0 Å². The van der Waals surface area contributed by atoms with Crippen molar-refractivity contribution in [3.8, 4) is 21.8 Å². The number of nitrogens with zero attached hydrogens (tertiary/aromatic N) is 3. The highest BCUT2D eigenvalue weighted by Crippen LogP contribution is 2.29. The van der Waals surface area contributed by atoms with Gasteiger partial charge >= 0.3 is 0 Å². The molecule has 3 heterocycles. The average molecular weight is 386 g/mol. The number of carbonyl (C=O) groups excluding carboxylic acids is 1. The molecule has 3 aromatic heterocycles. The van der Waals surface area contributed by atoms with E-state index in [2.05, 4.69) is 45.4 Å². The number of thiazole rings is 1. The van der Waals surface area contributed by atoms with Gasteiger partial charge in [0.1, 0.15) is 5.01 Å². The van der Waals surface area contributed by atoms with Crippen LogP contribution in [0.4, 0.5) is 5.69 Å². The number of hydrogen-bond acceptors (Lipinski definition) is 5. The Morgan fingerprint density at radius 1 is 0.964 bits per heavy atom. The van der Waals surface area contributed by atoms with Crippen molar-refractivity contribution < 1.29 is 4.79 Å². The lowest BCUT2D eigenvalue weighted by Gasteiger charge is -2.10. The maximum Gasteiger partial charge on any atom is 0.256 e. The van der Waals surface area contributed by atoms with Crippen molar-refractivity contribution in [2.45, 2.75) is 13.8 Å². The molecule has 4 rings (SSSR count). The van der Waals surface area contributed by atoms with Crippen LogP contribution in [0.3, 0.4) is 0 Å². The minimum atomic E-state index is -0.170. The Hall–Kier alpha value is -3.38. The van der Waals surface area contributed by atoms with Crippen molar-refractivity contribution in [3.63, 3.8) is 0 Å². The second-order valence-electron chi connectivity index (χ2n) is 6.44. The molecule has 0 radical (unpaired) electrons. The van der Waals surface area contributed by atoms with Crippen LogP contribution >= 0.6 is 11.3 Å². The molecule has 6 heteroatoms. The maximum absolute atomic E-state index is 12.4. The van der Waals surface area contributed by atoms with Gasteiger partial charge in [-0.15, -0.1) is 11.3 Å². The standard InChI is InChI=1S/C22H18N4OS/c1-14-3-4-16(22-24-9-10-28-22)11-19(14)20-6-5-17(13-25-20)26-21(27)18-7-8-23-12-15(18)2/h3-13H,1-2H3,(H,26,27). The molecule has 1 N–H and O–H groups in total. The summed E-state index contributed by atoms with van der Waals surface area (Å²) in [6.45, 7) is 3.92. The average Bonchev–Trinajstić information content (AvgIpc) is 3.24. The third kappa shape index (κ3) is 3.68. The summed E-state index contributed by atoms with van der Waals surface area (Å²) in [5.41, 5.74) is 6.20. The summed E-state index contributed by atoms with van der Waals surface area (Å²) in [4.78, 5) is 25.4. The molecular weight excluding hydrogens is 368 g/mol. The van der Waals surface area contributed by atoms with Crippen LogP contribution in [0.2, 0.25) is 0 Å². The highest BCUT2D eigenvalue weighted by molar-refractivity contribution is 7.13. The SMILES string of the molecule is Cc1cnccc1C(=O)Nc1ccc(-c2cc(-c3nccs3)ccc2C)nc1. The molecule has 0 saturated heterocycles. The predicted molar refractivity (Wildman–Crippen MR) is 112 cm³/mol. The van der Waals surface area contributed by atoms with Crippen LogP contribution in [0.1, 0.15) is 21.5 Å². The number of benzene rings is 1. The first-order valence-electron chi connectivity index (χ1n) is 8.81. The lowest BCUT2D eigenvalue weighted by Crippen LogP contribution is -2.13. The van der Waals surface area contributed by atoms with Gasteiger partial charge in [0, 0.05) is 40.7 Å². The van der Waals surface area contributed by atoms with Gasteiger partial charge in [-0.05, 0) is 49.2 Å². The van der Waals surface area contributed by atoms with Crippen molar-refractivity contribution in [2.75, 3.05) is 5.32 Å². The van der Waals surface area contributed by atoms with E-state index in [4.69, 9.17) is 0 Å². The van der Waals surface area contributed by atoms with Gasteiger partial charge in [-0.1, -0.05) is 12.1 Å². The third-order valence-electron chi connectivity index (χ3n) is 4.48. The van der Waals surface area contributed by atoms with Crippen LogP contribution in [0.15, 0.2) is 66.6 Å². The molecular formula is C22H18N4OS. The van der Waals surface area contributed by atoms with Crippen LogP contribution in [0.25, 0.3) is 21.8 Å². The summed E-state index contributed by atoms with van der Waals surface area (Å²) in [5, 5.41) is 5.84. The van der Waals surface area contributed by atoms with Crippen LogP contribution < -0.4 is 5.32 Å². The monoisotopic (exact) mass is 386 g/mol. The summed E-state index contributed by atoms with van der Waals surface area (Å²) >= 11 is 1.61. The highest BCUT2D eigenvalue weighted by atomic mass is 32.1. The van der Waals surface area contributed by atoms with Gasteiger partial charge in [-0.2, -0.15) is 0 Å². The maximum atomic E-state index is 12.4. The largest absolute Gasteiger partial charge is 0.321 e. The smallest absolute Gasteiger partial charge is 0.256 e. The quantitative estimate of drug-likeness (QED) is 0.527. The zero-order chi connectivity index (χ0) is 19.5. The number of aromatic nitrogens is 3. The molecule has 0 bridgehead atoms. The molecule has 0 aliphatic heterocycles. The van der Waals surface area contributed by atoms with Crippen molar-refractivity contribution >= 4 is 22.9 Å². The van der Waals surface area contributed by atoms with Crippen LogP contribution in [-0.4, -0.2) is 20.9 Å². The van der Waals surface area contributed by atoms with Crippen molar-refractivity contribution in [3.05, 3.63) is 83.3 Å². The Balaban J connectivity index is 1.58. The molecule has 0 atom stereocenters. The van der Waals surface area contributed by atoms with Crippen LogP contribution in [-0.2, 0) is 0 Å². The van der Waals surface area contributed by atoms with E-state index in [0.717, 1.165) is 33.0 Å². The zero-order valence-corrected chi connectivity index (χ0v) is 16.3. The summed E-state index contributed by atoms with van der Waals surface area (Å²) < 4.78 is 0. The van der Waals surface area contributed by atoms with Gasteiger partial charge < -0.3 is 5.32 Å². The number of hydrogen-bond donors (Lipinski definition) is 1. The lowest BCUT2D eigenvalue weighted by atomic mass is 10.0. The Bertz CT molecular complexity index is 1120. The first kappa shape index (κ1) is 18.0. The molecule has 5 nitrogen and oxygen atoms in total. The molecule has 28 heavy (non-hydrogen) atoms. The Morgan fingerprint density at radius 2 is 1.86 bits per heavy atom. The van der Waals surface area contributed by atoms with E-state index in [-0.39, 0.29) is 5.91 Å². The molecule has 0 unspecified atom stereocenters. The molecule has 0 aliphatic carbocycles. The van der Waals surface area contributed by atoms with Gasteiger partial charge in [-0.3, -0.25) is 14.8 Å². The fourth-order valence-corrected chi connectivity index (χ4v) is 3.59. The number of pyridine rings is 2. The number of aryl methyl sites for hydroxylation is 2. The lowest BCUT2D eigenvalue weighted by molar-refractivity contribution is 0.102. The summed E-state index contributed by atoms with van der Waals surface area (Å²) in [6.07, 6.45) is 6.77. The number of carbonyl (C=O) groups is 1. The fourth-order valence-electron chi connectivity index (χ4n) is 2.95. The molecule has 1 aromatic carbocycles. The highest BCUT2D eigenvalue weighted by Gasteiger charge is 2.11. The molecule has 4 aromatic rings. The zero-order valence-electron chi connectivity index (χ0n) is 15.5. The van der Waals surface area contributed by atoms with E-state index >= 15 is 0 Å². The van der Waals surface area contributed by atoms with Gasteiger partial charge in [0.15, 0.2) is 0 Å². The summed E-state index contributed by atoms with van der Waals surface area (Å²) in [7, 11) is 0. The predicted octanol–water partition coefficient (Wildman–Crippen LogP) is 5.14. The first-order chi connectivity index (χ1) is 13.6.